The van der Waals surface area contributed by atoms with Crippen LogP contribution in [0.25, 0.3) is 0 Å². The summed E-state index contributed by atoms with van der Waals surface area (Å²) < 4.78 is 32.4. The van der Waals surface area contributed by atoms with Gasteiger partial charge in [-0.15, -0.1) is 0 Å². The number of rotatable bonds is 13. The van der Waals surface area contributed by atoms with E-state index in [1.165, 1.54) is 0 Å². The van der Waals surface area contributed by atoms with Crippen molar-refractivity contribution >= 4 is 0 Å². The molecule has 3 aliphatic rings. The quantitative estimate of drug-likeness (QED) is 0.357. The second-order valence-electron chi connectivity index (χ2n) is 5.67. The summed E-state index contributed by atoms with van der Waals surface area (Å²) in [6.07, 6.45) is 2.04. The zero-order valence-corrected chi connectivity index (χ0v) is 11.8. The van der Waals surface area contributed by atoms with Gasteiger partial charge in [0.15, 0.2) is 0 Å². The molecule has 0 aromatic heterocycles. The van der Waals surface area contributed by atoms with Gasteiger partial charge >= 0.3 is 0 Å². The predicted octanol–water partition coefficient (Wildman–Crippen LogP) is 0.239. The number of hydrogen-bond donors (Lipinski definition) is 0. The molecule has 0 bridgehead atoms. The minimum Gasteiger partial charge on any atom is -0.381 e. The van der Waals surface area contributed by atoms with Crippen LogP contribution in [0.2, 0.25) is 0 Å². The normalized spacial score (nSPS) is 32.1. The molecule has 3 rings (SSSR count). The van der Waals surface area contributed by atoms with Crippen molar-refractivity contribution in [2.45, 2.75) is 24.7 Å². The third-order valence-corrected chi connectivity index (χ3v) is 3.46. The van der Waals surface area contributed by atoms with Gasteiger partial charge in [-0.3, -0.25) is 0 Å². The molecule has 0 spiro atoms. The predicted molar refractivity (Wildman–Crippen MR) is 69.8 cm³/mol. The van der Waals surface area contributed by atoms with Gasteiger partial charge in [0.25, 0.3) is 0 Å². The van der Waals surface area contributed by atoms with Gasteiger partial charge in [0.1, 0.15) is 12.2 Å². The highest BCUT2D eigenvalue weighted by molar-refractivity contribution is 4.70. The lowest BCUT2D eigenvalue weighted by Crippen LogP contribution is -2.24. The second-order valence-corrected chi connectivity index (χ2v) is 5.67. The van der Waals surface area contributed by atoms with Crippen molar-refractivity contribution in [1.82, 2.24) is 0 Å². The molecule has 6 nitrogen and oxygen atoms in total. The Bertz CT molecular complexity index is 257. The molecule has 0 saturated carbocycles. The molecule has 20 heavy (non-hydrogen) atoms. The Morgan fingerprint density at radius 2 is 1.25 bits per heavy atom. The van der Waals surface area contributed by atoms with Crippen LogP contribution >= 0.6 is 0 Å². The van der Waals surface area contributed by atoms with E-state index >= 15 is 0 Å². The summed E-state index contributed by atoms with van der Waals surface area (Å²) in [5.41, 5.74) is 0. The monoisotopic (exact) mass is 288 g/mol. The van der Waals surface area contributed by atoms with E-state index in [4.69, 9.17) is 28.4 Å². The fraction of sp³-hybridized carbons (Fsp3) is 1.00. The van der Waals surface area contributed by atoms with Crippen molar-refractivity contribution in [1.29, 1.82) is 0 Å². The summed E-state index contributed by atoms with van der Waals surface area (Å²) in [4.78, 5) is 0. The maximum Gasteiger partial charge on any atom is 0.104 e. The summed E-state index contributed by atoms with van der Waals surface area (Å²) in [7, 11) is 0. The minimum absolute atomic E-state index is 0.271. The van der Waals surface area contributed by atoms with E-state index in [0.717, 1.165) is 32.8 Å². The summed E-state index contributed by atoms with van der Waals surface area (Å²) >= 11 is 0. The number of epoxide rings is 3. The van der Waals surface area contributed by atoms with E-state index in [2.05, 4.69) is 0 Å². The zero-order chi connectivity index (χ0) is 13.6. The molecular weight excluding hydrogens is 264 g/mol. The van der Waals surface area contributed by atoms with Gasteiger partial charge in [0, 0.05) is 12.5 Å². The van der Waals surface area contributed by atoms with Crippen LogP contribution in [0.3, 0.4) is 0 Å². The van der Waals surface area contributed by atoms with Crippen LogP contribution in [0.1, 0.15) is 6.42 Å². The molecular formula is C14H24O6. The van der Waals surface area contributed by atoms with Crippen LogP contribution < -0.4 is 0 Å². The Kier molecular flexibility index (Phi) is 5.64. The molecule has 0 radical (unpaired) electrons. The van der Waals surface area contributed by atoms with Crippen LogP contribution in [0.5, 0.6) is 0 Å². The molecule has 0 amide bonds. The summed E-state index contributed by atoms with van der Waals surface area (Å²) in [6, 6.07) is 0. The summed E-state index contributed by atoms with van der Waals surface area (Å²) in [5.74, 6) is 0.271. The Hall–Kier alpha value is -0.240. The van der Waals surface area contributed by atoms with Crippen LogP contribution in [0.4, 0.5) is 0 Å². The van der Waals surface area contributed by atoms with Gasteiger partial charge in [0.2, 0.25) is 0 Å². The third kappa shape index (κ3) is 6.47. The first-order valence-corrected chi connectivity index (χ1v) is 7.48. The molecule has 3 saturated heterocycles. The lowest BCUT2D eigenvalue weighted by Gasteiger charge is -2.17. The topological polar surface area (TPSA) is 65.3 Å². The lowest BCUT2D eigenvalue weighted by molar-refractivity contribution is -0.0119. The third-order valence-electron chi connectivity index (χ3n) is 3.46. The van der Waals surface area contributed by atoms with Crippen LogP contribution in [0.15, 0.2) is 0 Å². The van der Waals surface area contributed by atoms with Gasteiger partial charge in [-0.1, -0.05) is 0 Å². The van der Waals surface area contributed by atoms with Crippen molar-refractivity contribution < 1.29 is 28.4 Å². The molecule has 0 aromatic rings. The van der Waals surface area contributed by atoms with E-state index in [9.17, 15) is 0 Å². The Labute approximate surface area is 119 Å². The lowest BCUT2D eigenvalue weighted by atomic mass is 10.2. The molecule has 0 aliphatic carbocycles. The van der Waals surface area contributed by atoms with E-state index in [0.29, 0.717) is 51.3 Å². The molecule has 3 heterocycles. The van der Waals surface area contributed by atoms with Crippen molar-refractivity contribution in [3.05, 3.63) is 0 Å². The smallest absolute Gasteiger partial charge is 0.104 e. The molecule has 3 unspecified atom stereocenters. The van der Waals surface area contributed by atoms with E-state index in [-0.39, 0.29) is 5.92 Å². The number of hydrogen-bond acceptors (Lipinski definition) is 6. The average Bonchev–Trinajstić information content (AvgIpc) is 3.25. The first-order valence-electron chi connectivity index (χ1n) is 7.48. The average molecular weight is 288 g/mol. The molecule has 0 aromatic carbocycles. The second kappa shape index (κ2) is 7.68. The highest BCUT2D eigenvalue weighted by atomic mass is 16.6. The maximum atomic E-state index is 5.69. The van der Waals surface area contributed by atoms with E-state index in [1.807, 2.05) is 0 Å². The minimum atomic E-state index is 0.271. The molecule has 6 heteroatoms. The van der Waals surface area contributed by atoms with Crippen molar-refractivity contribution in [2.24, 2.45) is 5.92 Å². The Balaban J connectivity index is 1.24. The van der Waals surface area contributed by atoms with Crippen molar-refractivity contribution in [3.8, 4) is 0 Å². The molecule has 0 N–H and O–H groups in total. The van der Waals surface area contributed by atoms with Crippen LogP contribution in [0, 0.1) is 5.92 Å². The van der Waals surface area contributed by atoms with Gasteiger partial charge in [-0.05, 0) is 6.42 Å². The van der Waals surface area contributed by atoms with Gasteiger partial charge in [-0.2, -0.15) is 0 Å². The highest BCUT2D eigenvalue weighted by Crippen LogP contribution is 2.14. The number of ether oxygens (including phenoxy) is 6. The fourth-order valence-electron chi connectivity index (χ4n) is 1.90. The molecule has 3 fully saturated rings. The first-order chi connectivity index (χ1) is 9.90. The maximum absolute atomic E-state index is 5.69. The largest absolute Gasteiger partial charge is 0.381 e. The molecule has 116 valence electrons. The van der Waals surface area contributed by atoms with Crippen molar-refractivity contribution in [3.63, 3.8) is 0 Å². The Morgan fingerprint density at radius 3 is 1.75 bits per heavy atom. The molecule has 3 atom stereocenters. The highest BCUT2D eigenvalue weighted by Gasteiger charge is 2.25. The van der Waals surface area contributed by atoms with Gasteiger partial charge in [-0.25, -0.2) is 0 Å². The van der Waals surface area contributed by atoms with Gasteiger partial charge < -0.3 is 28.4 Å². The van der Waals surface area contributed by atoms with Gasteiger partial charge in [0.05, 0.1) is 59.0 Å². The van der Waals surface area contributed by atoms with E-state index < -0.39 is 0 Å². The summed E-state index contributed by atoms with van der Waals surface area (Å²) in [5, 5.41) is 0. The zero-order valence-electron chi connectivity index (χ0n) is 11.8. The Morgan fingerprint density at radius 1 is 0.750 bits per heavy atom. The van der Waals surface area contributed by atoms with Crippen LogP contribution in [-0.4, -0.2) is 77.8 Å². The van der Waals surface area contributed by atoms with E-state index in [1.54, 1.807) is 0 Å². The van der Waals surface area contributed by atoms with Crippen molar-refractivity contribution in [2.75, 3.05) is 59.5 Å². The fourth-order valence-corrected chi connectivity index (χ4v) is 1.90. The standard InChI is InChI=1S/C14H24O6/c1(12-8-18-12)2-15-3-11(4-16-6-13-9-19-13)5-17-7-14-10-20-14/h11-14H,1-10H2. The van der Waals surface area contributed by atoms with Crippen LogP contribution in [-0.2, 0) is 28.4 Å². The SMILES string of the molecule is C(CC1CO1)OCC(COCC1CO1)COCC1CO1. The molecule has 3 aliphatic heterocycles. The first kappa shape index (κ1) is 14.7. The summed E-state index contributed by atoms with van der Waals surface area (Å²) in [6.45, 7) is 6.65.